The summed E-state index contributed by atoms with van der Waals surface area (Å²) >= 11 is 0. The minimum atomic E-state index is -2.77. The molecule has 1 saturated carbocycles. The maximum Gasteiger partial charge on any atom is 0.387 e. The van der Waals surface area contributed by atoms with Crippen LogP contribution in [0.25, 0.3) is 0 Å². The minimum Gasteiger partial charge on any atom is -0.435 e. The summed E-state index contributed by atoms with van der Waals surface area (Å²) in [6.45, 7) is 0.254. The maximum absolute atomic E-state index is 12.2. The van der Waals surface area contributed by atoms with Crippen LogP contribution in [0.1, 0.15) is 57.1 Å². The van der Waals surface area contributed by atoms with Gasteiger partial charge in [-0.1, -0.05) is 37.8 Å². The van der Waals surface area contributed by atoms with Gasteiger partial charge in [0.25, 0.3) is 0 Å². The summed E-state index contributed by atoms with van der Waals surface area (Å²) in [6, 6.07) is 7.08. The Morgan fingerprint density at radius 1 is 1.29 bits per heavy atom. The minimum absolute atomic E-state index is 0.148. The van der Waals surface area contributed by atoms with Crippen molar-refractivity contribution in [2.45, 2.75) is 58.1 Å². The molecule has 4 heteroatoms. The molecule has 0 heterocycles. The van der Waals surface area contributed by atoms with Crippen LogP contribution in [0.3, 0.4) is 0 Å². The summed E-state index contributed by atoms with van der Waals surface area (Å²) in [5.41, 5.74) is 0.981. The molecule has 1 aliphatic rings. The number of rotatable bonds is 8. The van der Waals surface area contributed by atoms with Crippen molar-refractivity contribution < 1.29 is 13.5 Å². The second kappa shape index (κ2) is 8.32. The van der Waals surface area contributed by atoms with Crippen molar-refractivity contribution in [2.24, 2.45) is 5.92 Å². The average molecular weight is 297 g/mol. The third kappa shape index (κ3) is 5.62. The highest BCUT2D eigenvalue weighted by Gasteiger charge is 2.14. The molecule has 118 valence electrons. The van der Waals surface area contributed by atoms with Crippen LogP contribution in [0.15, 0.2) is 24.3 Å². The lowest BCUT2D eigenvalue weighted by Gasteiger charge is -2.16. The van der Waals surface area contributed by atoms with Gasteiger partial charge in [-0.25, -0.2) is 0 Å². The van der Waals surface area contributed by atoms with Gasteiger partial charge in [0.05, 0.1) is 0 Å². The van der Waals surface area contributed by atoms with Crippen molar-refractivity contribution in [3.8, 4) is 5.75 Å². The molecule has 2 rings (SSSR count). The van der Waals surface area contributed by atoms with Crippen molar-refractivity contribution in [1.82, 2.24) is 5.32 Å². The zero-order valence-corrected chi connectivity index (χ0v) is 12.7. The predicted molar refractivity (Wildman–Crippen MR) is 80.7 cm³/mol. The Bertz CT molecular complexity index is 419. The number of hydrogen-bond acceptors (Lipinski definition) is 2. The largest absolute Gasteiger partial charge is 0.435 e. The molecular formula is C17H25F2NO. The molecule has 1 N–H and O–H groups in total. The Balaban J connectivity index is 1.73. The molecule has 1 fully saturated rings. The van der Waals surface area contributed by atoms with E-state index in [0.29, 0.717) is 0 Å². The van der Waals surface area contributed by atoms with E-state index in [4.69, 9.17) is 0 Å². The molecule has 0 radical (unpaired) electrons. The van der Waals surface area contributed by atoms with E-state index in [0.717, 1.165) is 18.0 Å². The molecule has 0 saturated heterocycles. The fourth-order valence-corrected chi connectivity index (χ4v) is 3.09. The first-order valence-corrected chi connectivity index (χ1v) is 7.93. The quantitative estimate of drug-likeness (QED) is 0.688. The molecule has 1 aromatic rings. The lowest BCUT2D eigenvalue weighted by molar-refractivity contribution is -0.0499. The second-order valence-corrected chi connectivity index (χ2v) is 5.92. The topological polar surface area (TPSA) is 21.3 Å². The van der Waals surface area contributed by atoms with Crippen LogP contribution >= 0.6 is 0 Å². The Kier molecular flexibility index (Phi) is 6.43. The van der Waals surface area contributed by atoms with Crippen molar-refractivity contribution in [1.29, 1.82) is 0 Å². The van der Waals surface area contributed by atoms with E-state index in [2.05, 4.69) is 17.0 Å². The van der Waals surface area contributed by atoms with Crippen LogP contribution in [-0.2, 0) is 0 Å². The van der Waals surface area contributed by atoms with E-state index in [1.54, 1.807) is 18.2 Å². The van der Waals surface area contributed by atoms with Gasteiger partial charge in [0.1, 0.15) is 5.75 Å². The molecule has 0 amide bonds. The first-order valence-electron chi connectivity index (χ1n) is 7.93. The van der Waals surface area contributed by atoms with Crippen molar-refractivity contribution in [2.75, 3.05) is 6.54 Å². The summed E-state index contributed by atoms with van der Waals surface area (Å²) in [6.07, 6.45) is 8.05. The maximum atomic E-state index is 12.2. The zero-order valence-electron chi connectivity index (χ0n) is 12.7. The SMILES string of the molecule is CC(NCCCC1CCCC1)c1cccc(OC(F)F)c1. The summed E-state index contributed by atoms with van der Waals surface area (Å²) in [5.74, 6) is 1.15. The zero-order chi connectivity index (χ0) is 15.1. The molecule has 1 aromatic carbocycles. The van der Waals surface area contributed by atoms with Gasteiger partial charge in [0, 0.05) is 6.04 Å². The van der Waals surface area contributed by atoms with Crippen molar-refractivity contribution >= 4 is 0 Å². The summed E-state index contributed by atoms with van der Waals surface area (Å²) in [5, 5.41) is 3.46. The normalized spacial score (nSPS) is 17.3. The van der Waals surface area contributed by atoms with E-state index >= 15 is 0 Å². The molecule has 1 atom stereocenters. The Labute approximate surface area is 125 Å². The fourth-order valence-electron chi connectivity index (χ4n) is 3.09. The third-order valence-corrected chi connectivity index (χ3v) is 4.30. The van der Waals surface area contributed by atoms with E-state index in [1.807, 2.05) is 6.07 Å². The van der Waals surface area contributed by atoms with Crippen LogP contribution in [-0.4, -0.2) is 13.2 Å². The Morgan fingerprint density at radius 2 is 2.05 bits per heavy atom. The predicted octanol–water partition coefficient (Wildman–Crippen LogP) is 4.91. The standard InChI is InChI=1S/C17H25F2NO/c1-13(20-11-5-8-14-6-2-3-7-14)15-9-4-10-16(12-15)21-17(18)19/h4,9-10,12-14,17,20H,2-3,5-8,11H2,1H3. The molecule has 0 aliphatic heterocycles. The molecule has 0 spiro atoms. The van der Waals surface area contributed by atoms with Crippen LogP contribution in [0, 0.1) is 5.92 Å². The second-order valence-electron chi connectivity index (χ2n) is 5.92. The van der Waals surface area contributed by atoms with E-state index in [1.165, 1.54) is 38.5 Å². The third-order valence-electron chi connectivity index (χ3n) is 4.30. The fraction of sp³-hybridized carbons (Fsp3) is 0.647. The number of halogens is 2. The lowest BCUT2D eigenvalue weighted by atomic mass is 10.0. The first kappa shape index (κ1) is 16.2. The van der Waals surface area contributed by atoms with Gasteiger partial charge in [0.15, 0.2) is 0 Å². The summed E-state index contributed by atoms with van der Waals surface area (Å²) in [7, 11) is 0. The van der Waals surface area contributed by atoms with E-state index in [-0.39, 0.29) is 11.8 Å². The number of alkyl halides is 2. The molecule has 0 bridgehead atoms. The molecule has 0 aromatic heterocycles. The van der Waals surface area contributed by atoms with Crippen molar-refractivity contribution in [3.63, 3.8) is 0 Å². The van der Waals surface area contributed by atoms with Crippen LogP contribution in [0.2, 0.25) is 0 Å². The lowest BCUT2D eigenvalue weighted by Crippen LogP contribution is -2.20. The summed E-state index contributed by atoms with van der Waals surface area (Å²) < 4.78 is 28.9. The molecule has 1 unspecified atom stereocenters. The van der Waals surface area contributed by atoms with Gasteiger partial charge in [-0.2, -0.15) is 8.78 Å². The Hall–Kier alpha value is -1.16. The van der Waals surface area contributed by atoms with Crippen molar-refractivity contribution in [3.05, 3.63) is 29.8 Å². The number of nitrogens with one attached hydrogen (secondary N) is 1. The highest BCUT2D eigenvalue weighted by atomic mass is 19.3. The molecule has 2 nitrogen and oxygen atoms in total. The van der Waals surface area contributed by atoms with Crippen LogP contribution < -0.4 is 10.1 Å². The van der Waals surface area contributed by atoms with E-state index in [9.17, 15) is 8.78 Å². The summed E-state index contributed by atoms with van der Waals surface area (Å²) in [4.78, 5) is 0. The highest BCUT2D eigenvalue weighted by molar-refractivity contribution is 5.30. The van der Waals surface area contributed by atoms with E-state index < -0.39 is 6.61 Å². The van der Waals surface area contributed by atoms with Crippen LogP contribution in [0.4, 0.5) is 8.78 Å². The average Bonchev–Trinajstić information content (AvgIpc) is 2.96. The number of benzene rings is 1. The van der Waals surface area contributed by atoms with Gasteiger partial charge >= 0.3 is 6.61 Å². The van der Waals surface area contributed by atoms with Gasteiger partial charge in [0.2, 0.25) is 0 Å². The van der Waals surface area contributed by atoms with Gasteiger partial charge in [-0.3, -0.25) is 0 Å². The van der Waals surface area contributed by atoms with Gasteiger partial charge in [-0.15, -0.1) is 0 Å². The molecule has 21 heavy (non-hydrogen) atoms. The Morgan fingerprint density at radius 3 is 2.76 bits per heavy atom. The smallest absolute Gasteiger partial charge is 0.387 e. The van der Waals surface area contributed by atoms with Gasteiger partial charge in [-0.05, 0) is 49.9 Å². The molecule has 1 aliphatic carbocycles. The number of hydrogen-bond donors (Lipinski definition) is 1. The van der Waals surface area contributed by atoms with Gasteiger partial charge < -0.3 is 10.1 Å². The first-order chi connectivity index (χ1) is 10.1. The molecular weight excluding hydrogens is 272 g/mol. The number of ether oxygens (including phenoxy) is 1. The van der Waals surface area contributed by atoms with Crippen LogP contribution in [0.5, 0.6) is 5.75 Å². The monoisotopic (exact) mass is 297 g/mol. The highest BCUT2D eigenvalue weighted by Crippen LogP contribution is 2.28.